The topological polar surface area (TPSA) is 45.5 Å². The zero-order chi connectivity index (χ0) is 12.8. The summed E-state index contributed by atoms with van der Waals surface area (Å²) in [6.45, 7) is 0. The third kappa shape index (κ3) is 3.57. The Hall–Kier alpha value is -1.87. The number of hydrogen-bond donors (Lipinski definition) is 1. The smallest absolute Gasteiger partial charge is 0.149 e. The Bertz CT molecular complexity index is 523. The number of nitrogens with zero attached hydrogens (tertiary/aromatic N) is 2. The van der Waals surface area contributed by atoms with Gasteiger partial charge in [0, 0.05) is 24.7 Å². The lowest BCUT2D eigenvalue weighted by Gasteiger charge is -2.02. The molecular formula is C14H13ClN2O. The number of pyridine rings is 1. The van der Waals surface area contributed by atoms with E-state index in [-0.39, 0.29) is 5.17 Å². The predicted octanol–water partition coefficient (Wildman–Crippen LogP) is 3.24. The fourth-order valence-electron chi connectivity index (χ4n) is 1.67. The van der Waals surface area contributed by atoms with Gasteiger partial charge in [-0.2, -0.15) is 0 Å². The van der Waals surface area contributed by atoms with Crippen molar-refractivity contribution < 1.29 is 5.21 Å². The molecule has 2 rings (SSSR count). The van der Waals surface area contributed by atoms with Crippen molar-refractivity contribution in [2.24, 2.45) is 5.16 Å². The maximum absolute atomic E-state index is 8.48. The van der Waals surface area contributed by atoms with E-state index in [2.05, 4.69) is 22.3 Å². The zero-order valence-corrected chi connectivity index (χ0v) is 10.5. The molecule has 0 saturated carbocycles. The lowest BCUT2D eigenvalue weighted by molar-refractivity contribution is 0.319. The first-order valence-electron chi connectivity index (χ1n) is 5.62. The van der Waals surface area contributed by atoms with Crippen molar-refractivity contribution in [2.75, 3.05) is 0 Å². The molecule has 1 N–H and O–H groups in total. The first kappa shape index (κ1) is 12.6. The summed E-state index contributed by atoms with van der Waals surface area (Å²) in [6, 6.07) is 14.1. The molecule has 0 saturated heterocycles. The van der Waals surface area contributed by atoms with E-state index in [1.165, 1.54) is 5.56 Å². The third-order valence-electron chi connectivity index (χ3n) is 2.57. The Morgan fingerprint density at radius 2 is 1.89 bits per heavy atom. The molecule has 1 aromatic carbocycles. The molecule has 0 aliphatic heterocycles. The lowest BCUT2D eigenvalue weighted by atomic mass is 10.1. The average Bonchev–Trinajstić information content (AvgIpc) is 2.42. The number of oxime groups is 1. The molecule has 0 aliphatic carbocycles. The van der Waals surface area contributed by atoms with E-state index in [0.29, 0.717) is 6.42 Å². The summed E-state index contributed by atoms with van der Waals surface area (Å²) in [5.74, 6) is 0. The van der Waals surface area contributed by atoms with Crippen LogP contribution < -0.4 is 0 Å². The van der Waals surface area contributed by atoms with Gasteiger partial charge in [-0.25, -0.2) is 0 Å². The van der Waals surface area contributed by atoms with Gasteiger partial charge in [0.1, 0.15) is 5.17 Å². The Balaban J connectivity index is 2.04. The number of rotatable bonds is 4. The van der Waals surface area contributed by atoms with Crippen LogP contribution in [0.2, 0.25) is 0 Å². The maximum Gasteiger partial charge on any atom is 0.149 e. The van der Waals surface area contributed by atoms with E-state index in [0.717, 1.165) is 17.7 Å². The highest BCUT2D eigenvalue weighted by Gasteiger charge is 2.01. The zero-order valence-electron chi connectivity index (χ0n) is 9.75. The van der Waals surface area contributed by atoms with Gasteiger partial charge in [-0.3, -0.25) is 4.98 Å². The van der Waals surface area contributed by atoms with Gasteiger partial charge in [-0.1, -0.05) is 53.2 Å². The summed E-state index contributed by atoms with van der Waals surface area (Å²) in [5, 5.41) is 11.6. The first-order valence-corrected chi connectivity index (χ1v) is 6.00. The van der Waals surface area contributed by atoms with Gasteiger partial charge >= 0.3 is 0 Å². The summed E-state index contributed by atoms with van der Waals surface area (Å²) in [7, 11) is 0. The van der Waals surface area contributed by atoms with E-state index in [4.69, 9.17) is 16.8 Å². The second-order valence-corrected chi connectivity index (χ2v) is 4.41. The lowest BCUT2D eigenvalue weighted by Crippen LogP contribution is -1.97. The van der Waals surface area contributed by atoms with E-state index in [1.807, 2.05) is 30.3 Å². The third-order valence-corrected chi connectivity index (χ3v) is 2.78. The van der Waals surface area contributed by atoms with Crippen molar-refractivity contribution in [1.29, 1.82) is 0 Å². The van der Waals surface area contributed by atoms with Crippen LogP contribution in [0.1, 0.15) is 16.8 Å². The molecule has 1 aromatic heterocycles. The van der Waals surface area contributed by atoms with Gasteiger partial charge in [0.05, 0.1) is 0 Å². The molecule has 0 spiro atoms. The van der Waals surface area contributed by atoms with E-state index >= 15 is 0 Å². The summed E-state index contributed by atoms with van der Waals surface area (Å²) < 4.78 is 0. The molecule has 0 fully saturated rings. The van der Waals surface area contributed by atoms with Crippen LogP contribution in [-0.4, -0.2) is 15.4 Å². The number of aromatic nitrogens is 1. The second-order valence-electron chi connectivity index (χ2n) is 3.97. The monoisotopic (exact) mass is 260 g/mol. The van der Waals surface area contributed by atoms with Crippen LogP contribution in [0, 0.1) is 0 Å². The van der Waals surface area contributed by atoms with Crippen LogP contribution in [0.15, 0.2) is 53.8 Å². The van der Waals surface area contributed by atoms with Crippen LogP contribution in [0.25, 0.3) is 0 Å². The molecule has 0 aliphatic rings. The molecule has 0 bridgehead atoms. The predicted molar refractivity (Wildman–Crippen MR) is 72.3 cm³/mol. The molecule has 3 nitrogen and oxygen atoms in total. The van der Waals surface area contributed by atoms with Gasteiger partial charge in [0.2, 0.25) is 0 Å². The van der Waals surface area contributed by atoms with Crippen molar-refractivity contribution in [3.63, 3.8) is 0 Å². The van der Waals surface area contributed by atoms with Crippen LogP contribution >= 0.6 is 11.6 Å². The van der Waals surface area contributed by atoms with Gasteiger partial charge < -0.3 is 5.21 Å². The minimum absolute atomic E-state index is 0.160. The van der Waals surface area contributed by atoms with Crippen LogP contribution in [0.3, 0.4) is 0 Å². The highest BCUT2D eigenvalue weighted by Crippen LogP contribution is 2.09. The quantitative estimate of drug-likeness (QED) is 0.521. The molecule has 18 heavy (non-hydrogen) atoms. The number of halogens is 1. The molecule has 0 amide bonds. The van der Waals surface area contributed by atoms with Crippen molar-refractivity contribution in [2.45, 2.75) is 12.8 Å². The van der Waals surface area contributed by atoms with E-state index in [1.54, 1.807) is 6.20 Å². The van der Waals surface area contributed by atoms with Gasteiger partial charge in [-0.05, 0) is 17.2 Å². The Morgan fingerprint density at radius 1 is 1.11 bits per heavy atom. The Labute approximate surface area is 111 Å². The largest absolute Gasteiger partial charge is 0.410 e. The molecular weight excluding hydrogens is 248 g/mol. The Kier molecular flexibility index (Phi) is 4.31. The normalized spacial score (nSPS) is 11.5. The van der Waals surface area contributed by atoms with E-state index in [9.17, 15) is 0 Å². The summed E-state index contributed by atoms with van der Waals surface area (Å²) in [4.78, 5) is 4.37. The molecule has 1 heterocycles. The fourth-order valence-corrected chi connectivity index (χ4v) is 1.83. The van der Waals surface area contributed by atoms with Crippen molar-refractivity contribution in [3.05, 3.63) is 65.5 Å². The van der Waals surface area contributed by atoms with Gasteiger partial charge in [-0.15, -0.1) is 0 Å². The second kappa shape index (κ2) is 6.17. The summed E-state index contributed by atoms with van der Waals surface area (Å²) in [6.07, 6.45) is 2.96. The van der Waals surface area contributed by atoms with Crippen molar-refractivity contribution in [1.82, 2.24) is 4.98 Å². The molecule has 0 unspecified atom stereocenters. The average molecular weight is 261 g/mol. The fraction of sp³-hybridized carbons (Fsp3) is 0.143. The van der Waals surface area contributed by atoms with Crippen LogP contribution in [0.5, 0.6) is 0 Å². The number of benzene rings is 1. The summed E-state index contributed by atoms with van der Waals surface area (Å²) in [5.41, 5.74) is 3.16. The van der Waals surface area contributed by atoms with Gasteiger partial charge in [0.25, 0.3) is 0 Å². The summed E-state index contributed by atoms with van der Waals surface area (Å²) >= 11 is 5.64. The van der Waals surface area contributed by atoms with Crippen molar-refractivity contribution >= 4 is 16.8 Å². The van der Waals surface area contributed by atoms with Gasteiger partial charge in [0.15, 0.2) is 0 Å². The maximum atomic E-state index is 8.48. The molecule has 2 aromatic rings. The Morgan fingerprint density at radius 3 is 2.50 bits per heavy atom. The molecule has 0 atom stereocenters. The highest BCUT2D eigenvalue weighted by atomic mass is 35.5. The highest BCUT2D eigenvalue weighted by molar-refractivity contribution is 6.65. The number of hydrogen-bond acceptors (Lipinski definition) is 3. The first-order chi connectivity index (χ1) is 8.78. The molecule has 0 radical (unpaired) electrons. The SMILES string of the molecule is O/N=C(\Cl)Cc1ccc(Cc2ccccc2)nc1. The van der Waals surface area contributed by atoms with Crippen LogP contribution in [-0.2, 0) is 12.8 Å². The van der Waals surface area contributed by atoms with Crippen LogP contribution in [0.4, 0.5) is 0 Å². The van der Waals surface area contributed by atoms with Crippen molar-refractivity contribution in [3.8, 4) is 0 Å². The van der Waals surface area contributed by atoms with E-state index < -0.39 is 0 Å². The minimum atomic E-state index is 0.160. The molecule has 4 heteroatoms. The standard InChI is InChI=1S/C14H13ClN2O/c15-14(17-18)9-12-6-7-13(16-10-12)8-11-4-2-1-3-5-11/h1-7,10,18H,8-9H2/b17-14-. The minimum Gasteiger partial charge on any atom is -0.410 e. The molecule has 92 valence electrons.